The summed E-state index contributed by atoms with van der Waals surface area (Å²) in [5.41, 5.74) is 6.88. The molecule has 1 aromatic heterocycles. The fraction of sp³-hybridized carbons (Fsp3) is 0.862. The van der Waals surface area contributed by atoms with Crippen LogP contribution in [0.3, 0.4) is 0 Å². The second kappa shape index (κ2) is 10.9. The molecule has 1 aromatic rings. The molecule has 7 rings (SSSR count). The molecule has 4 aliphatic carbocycles. The van der Waals surface area contributed by atoms with Crippen LogP contribution in [0.5, 0.6) is 0 Å². The van der Waals surface area contributed by atoms with E-state index >= 15 is 0 Å². The molecule has 5 atom stereocenters. The van der Waals surface area contributed by atoms with E-state index in [2.05, 4.69) is 4.98 Å². The molecule has 3 heterocycles. The SMILES string of the molecule is Nc1ccn([C@@H]2O[C@H](C3O[Si](C4CCCC4)(C4CCCC4)O[Si]3(C3CCCC3)C3CCCC3)[C@@H](O)[C@H]2O)c(=O)n1. The number of hydrogen-bond donors (Lipinski definition) is 3. The van der Waals surface area contributed by atoms with E-state index in [1.807, 2.05) is 0 Å². The first kappa shape index (κ1) is 27.7. The minimum absolute atomic E-state index is 0.121. The Morgan fingerprint density at radius 3 is 1.80 bits per heavy atom. The summed E-state index contributed by atoms with van der Waals surface area (Å²) in [7, 11) is -5.28. The Bertz CT molecular complexity index is 1080. The Morgan fingerprint density at radius 1 is 0.800 bits per heavy atom. The van der Waals surface area contributed by atoms with Crippen LogP contribution in [0.25, 0.3) is 0 Å². The summed E-state index contributed by atoms with van der Waals surface area (Å²) in [6.07, 6.45) is 16.8. The smallest absolute Gasteiger partial charge is 0.351 e. The molecule has 0 aromatic carbocycles. The molecule has 2 saturated heterocycles. The van der Waals surface area contributed by atoms with E-state index in [1.54, 1.807) is 0 Å². The molecule has 4 N–H and O–H groups in total. The van der Waals surface area contributed by atoms with Crippen molar-refractivity contribution in [3.63, 3.8) is 0 Å². The van der Waals surface area contributed by atoms with Crippen LogP contribution in [-0.4, -0.2) is 60.7 Å². The molecule has 4 saturated carbocycles. The number of hydrogen-bond acceptors (Lipinski definition) is 8. The van der Waals surface area contributed by atoms with Crippen LogP contribution in [0.15, 0.2) is 17.1 Å². The van der Waals surface area contributed by atoms with Crippen molar-refractivity contribution in [1.29, 1.82) is 0 Å². The fourth-order valence-electron chi connectivity index (χ4n) is 9.83. The summed E-state index contributed by atoms with van der Waals surface area (Å²) in [5.74, 6) is 0.121. The zero-order chi connectivity index (χ0) is 27.5. The van der Waals surface area contributed by atoms with Crippen molar-refractivity contribution in [2.24, 2.45) is 0 Å². The summed E-state index contributed by atoms with van der Waals surface area (Å²) in [4.78, 5) is 16.6. The quantitative estimate of drug-likeness (QED) is 0.412. The van der Waals surface area contributed by atoms with Gasteiger partial charge in [-0.3, -0.25) is 4.57 Å². The number of nitrogen functional groups attached to an aromatic ring is 1. The second-order valence-corrected chi connectivity index (χ2v) is 21.7. The molecule has 0 spiro atoms. The van der Waals surface area contributed by atoms with Gasteiger partial charge in [0.15, 0.2) is 6.23 Å². The standard InChI is InChI=1S/C29H47N3O6Si2/c30-23-17-18-32(29(35)31-23)27-25(34)24(33)26(36-27)28-37-40(21-13-5-6-14-21,22-15-7-8-16-22)38-39(28,19-9-1-2-10-19)20-11-3-4-12-20/h17-22,24-28,33-34H,1-16H2,(H2,30,31,35)/t24-,25+,26-,27+,28?/m0/s1. The summed E-state index contributed by atoms with van der Waals surface area (Å²) in [5, 5.41) is 23.0. The van der Waals surface area contributed by atoms with Crippen LogP contribution < -0.4 is 11.4 Å². The third-order valence-corrected chi connectivity index (χ3v) is 23.6. The summed E-state index contributed by atoms with van der Waals surface area (Å²) >= 11 is 0. The van der Waals surface area contributed by atoms with Crippen LogP contribution in [0, 0.1) is 0 Å². The van der Waals surface area contributed by atoms with E-state index in [4.69, 9.17) is 19.0 Å². The maximum Gasteiger partial charge on any atom is 0.351 e. The highest BCUT2D eigenvalue weighted by Crippen LogP contribution is 2.64. The lowest BCUT2D eigenvalue weighted by Gasteiger charge is -2.44. The van der Waals surface area contributed by atoms with Crippen molar-refractivity contribution in [2.45, 2.75) is 155 Å². The van der Waals surface area contributed by atoms with Crippen LogP contribution in [-0.2, 0) is 13.3 Å². The highest BCUT2D eigenvalue weighted by Gasteiger charge is 2.73. The first-order valence-corrected chi connectivity index (χ1v) is 20.3. The van der Waals surface area contributed by atoms with Crippen molar-refractivity contribution < 1.29 is 23.5 Å². The number of aliphatic hydroxyl groups excluding tert-OH is 2. The van der Waals surface area contributed by atoms with E-state index in [1.165, 1.54) is 120 Å². The molecule has 9 nitrogen and oxygen atoms in total. The molecule has 6 fully saturated rings. The van der Waals surface area contributed by atoms with Gasteiger partial charge in [0.2, 0.25) is 8.32 Å². The molecule has 2 aliphatic heterocycles. The van der Waals surface area contributed by atoms with Crippen molar-refractivity contribution in [2.75, 3.05) is 5.73 Å². The van der Waals surface area contributed by atoms with Crippen molar-refractivity contribution in [3.05, 3.63) is 22.7 Å². The predicted molar refractivity (Wildman–Crippen MR) is 155 cm³/mol. The summed E-state index contributed by atoms with van der Waals surface area (Å²) in [6, 6.07) is 1.53. The van der Waals surface area contributed by atoms with Gasteiger partial charge < -0.3 is 29.2 Å². The Balaban J connectivity index is 1.33. The lowest BCUT2D eigenvalue weighted by atomic mass is 10.1. The van der Waals surface area contributed by atoms with Gasteiger partial charge in [0.05, 0.1) is 5.73 Å². The molecule has 222 valence electrons. The maximum absolute atomic E-state index is 12.8. The van der Waals surface area contributed by atoms with Gasteiger partial charge in [0, 0.05) is 17.3 Å². The normalized spacial score (nSPS) is 37.3. The number of rotatable bonds is 6. The number of aromatic nitrogens is 2. The molecule has 0 amide bonds. The molecule has 40 heavy (non-hydrogen) atoms. The lowest BCUT2D eigenvalue weighted by Crippen LogP contribution is -2.60. The Kier molecular flexibility index (Phi) is 7.54. The molecule has 1 unspecified atom stereocenters. The number of anilines is 1. The van der Waals surface area contributed by atoms with E-state index in [9.17, 15) is 15.0 Å². The topological polar surface area (TPSA) is 129 Å². The van der Waals surface area contributed by atoms with Crippen LogP contribution in [0.1, 0.15) is 109 Å². The Morgan fingerprint density at radius 2 is 1.30 bits per heavy atom. The van der Waals surface area contributed by atoms with Crippen LogP contribution >= 0.6 is 0 Å². The monoisotopic (exact) mass is 589 g/mol. The van der Waals surface area contributed by atoms with E-state index in [-0.39, 0.29) is 11.5 Å². The molecule has 11 heteroatoms. The molecule has 0 bridgehead atoms. The van der Waals surface area contributed by atoms with Crippen molar-refractivity contribution in [3.8, 4) is 0 Å². The molecular weight excluding hydrogens is 543 g/mol. The Hall–Kier alpha value is -1.09. The number of nitrogens with two attached hydrogens (primary N) is 1. The first-order chi connectivity index (χ1) is 19.4. The zero-order valence-corrected chi connectivity index (χ0v) is 25.7. The lowest BCUT2D eigenvalue weighted by molar-refractivity contribution is -0.0634. The van der Waals surface area contributed by atoms with Crippen molar-refractivity contribution >= 4 is 22.7 Å². The number of nitrogens with zero attached hydrogens (tertiary/aromatic N) is 2. The average molecular weight is 590 g/mol. The van der Waals surface area contributed by atoms with Gasteiger partial charge in [-0.2, -0.15) is 4.98 Å². The van der Waals surface area contributed by atoms with E-state index in [0.29, 0.717) is 22.2 Å². The van der Waals surface area contributed by atoms with E-state index in [0.717, 1.165) is 0 Å². The predicted octanol–water partition coefficient (Wildman–Crippen LogP) is 4.56. The molecular formula is C29H47N3O6Si2. The van der Waals surface area contributed by atoms with Gasteiger partial charge >= 0.3 is 14.3 Å². The highest BCUT2D eigenvalue weighted by atomic mass is 28.4. The van der Waals surface area contributed by atoms with Gasteiger partial charge in [0.25, 0.3) is 0 Å². The van der Waals surface area contributed by atoms with Gasteiger partial charge in [-0.25, -0.2) is 4.79 Å². The second-order valence-electron chi connectivity index (χ2n) is 13.7. The minimum atomic E-state index is -2.65. The fourth-order valence-corrected chi connectivity index (χ4v) is 25.7. The maximum atomic E-state index is 12.8. The van der Waals surface area contributed by atoms with Gasteiger partial charge in [-0.05, 0) is 42.8 Å². The number of aliphatic hydroxyl groups is 2. The summed E-state index contributed by atoms with van der Waals surface area (Å²) < 4.78 is 23.6. The first-order valence-electron chi connectivity index (χ1n) is 16.2. The number of ether oxygens (including phenoxy) is 1. The zero-order valence-electron chi connectivity index (χ0n) is 23.7. The van der Waals surface area contributed by atoms with Crippen LogP contribution in [0.2, 0.25) is 22.2 Å². The molecule has 6 aliphatic rings. The highest BCUT2D eigenvalue weighted by molar-refractivity contribution is 6.91. The largest absolute Gasteiger partial charge is 0.432 e. The van der Waals surface area contributed by atoms with Gasteiger partial charge in [0.1, 0.15) is 24.1 Å². The van der Waals surface area contributed by atoms with Crippen molar-refractivity contribution in [1.82, 2.24) is 9.55 Å². The Labute approximate surface area is 239 Å². The third kappa shape index (κ3) is 4.33. The van der Waals surface area contributed by atoms with Gasteiger partial charge in [-0.15, -0.1) is 0 Å². The van der Waals surface area contributed by atoms with Crippen LogP contribution in [0.4, 0.5) is 5.82 Å². The molecule has 0 radical (unpaired) electrons. The van der Waals surface area contributed by atoms with Gasteiger partial charge in [-0.1, -0.05) is 77.0 Å². The third-order valence-electron chi connectivity index (χ3n) is 11.6. The average Bonchev–Trinajstić information content (AvgIpc) is 3.77. The van der Waals surface area contributed by atoms with E-state index < -0.39 is 47.1 Å². The minimum Gasteiger partial charge on any atom is -0.432 e. The summed E-state index contributed by atoms with van der Waals surface area (Å²) in [6.45, 7) is 0.